The Balaban J connectivity index is 1.61. The summed E-state index contributed by atoms with van der Waals surface area (Å²) in [6.07, 6.45) is 7.35. The van der Waals surface area contributed by atoms with Gasteiger partial charge in [-0.15, -0.1) is 0 Å². The Hall–Kier alpha value is -3.66. The van der Waals surface area contributed by atoms with Crippen molar-refractivity contribution >= 4 is 23.0 Å². The van der Waals surface area contributed by atoms with Gasteiger partial charge in [-0.3, -0.25) is 4.68 Å². The lowest BCUT2D eigenvalue weighted by Gasteiger charge is -2.29. The number of likely N-dealkylation sites (tertiary alicyclic amines) is 1. The van der Waals surface area contributed by atoms with Crippen molar-refractivity contribution in [1.29, 1.82) is 5.26 Å². The first-order chi connectivity index (χ1) is 16.5. The summed E-state index contributed by atoms with van der Waals surface area (Å²) in [5.41, 5.74) is 4.13. The summed E-state index contributed by atoms with van der Waals surface area (Å²) >= 11 is 1.15. The van der Waals surface area contributed by atoms with Crippen LogP contribution in [0.4, 0.5) is 10.1 Å². The van der Waals surface area contributed by atoms with E-state index < -0.39 is 5.82 Å². The third kappa shape index (κ3) is 3.83. The second-order valence-corrected chi connectivity index (χ2v) is 9.53. The molecule has 170 valence electrons. The molecule has 5 rings (SSSR count). The van der Waals surface area contributed by atoms with Crippen LogP contribution in [0.5, 0.6) is 0 Å². The van der Waals surface area contributed by atoms with Crippen LogP contribution in [0.3, 0.4) is 0 Å². The molecule has 7 nitrogen and oxygen atoms in total. The van der Waals surface area contributed by atoms with Crippen LogP contribution in [0.15, 0.2) is 52.6 Å². The van der Waals surface area contributed by atoms with Crippen LogP contribution in [-0.4, -0.2) is 44.4 Å². The van der Waals surface area contributed by atoms with Crippen LogP contribution in [-0.2, 0) is 0 Å². The maximum absolute atomic E-state index is 14.7. The zero-order valence-corrected chi connectivity index (χ0v) is 19.7. The fourth-order valence-corrected chi connectivity index (χ4v) is 5.59. The van der Waals surface area contributed by atoms with Crippen LogP contribution < -0.4 is 0 Å². The van der Waals surface area contributed by atoms with Gasteiger partial charge in [-0.25, -0.2) is 13.8 Å². The molecule has 0 spiro atoms. The van der Waals surface area contributed by atoms with E-state index in [1.54, 1.807) is 10.6 Å². The topological polar surface area (TPSA) is 66.5 Å². The summed E-state index contributed by atoms with van der Waals surface area (Å²) in [4.78, 5) is 6.71. The summed E-state index contributed by atoms with van der Waals surface area (Å²) in [6, 6.07) is 8.93. The van der Waals surface area contributed by atoms with Gasteiger partial charge in [0.15, 0.2) is 0 Å². The second kappa shape index (κ2) is 8.94. The third-order valence-electron chi connectivity index (χ3n) is 6.37. The first kappa shape index (κ1) is 22.1. The molecule has 1 aromatic carbocycles. The van der Waals surface area contributed by atoms with Crippen molar-refractivity contribution in [3.63, 3.8) is 0 Å². The van der Waals surface area contributed by atoms with E-state index >= 15 is 0 Å². The number of piperidine rings is 1. The number of nitriles is 1. The van der Waals surface area contributed by atoms with E-state index in [9.17, 15) is 9.65 Å². The number of aromatic nitrogens is 4. The predicted octanol–water partition coefficient (Wildman–Crippen LogP) is 5.49. The van der Waals surface area contributed by atoms with Gasteiger partial charge in [0.25, 0.3) is 0 Å². The highest BCUT2D eigenvalue weighted by molar-refractivity contribution is 7.99. The van der Waals surface area contributed by atoms with E-state index in [2.05, 4.69) is 39.6 Å². The molecule has 4 heterocycles. The standard InChI is InChI=1S/C25H22FN7S/c1-16-20(14-30-33(16)19-7-9-31(3)10-8-19)17-11-23(24-18(12-27)13-29-32(24)15-17)34-25-21(26)5-4-6-22(25)28-2/h4-6,11,13-15,19H,7-10H2,1,3H3. The van der Waals surface area contributed by atoms with Gasteiger partial charge < -0.3 is 4.90 Å². The second-order valence-electron chi connectivity index (χ2n) is 8.48. The lowest BCUT2D eigenvalue weighted by atomic mass is 10.0. The van der Waals surface area contributed by atoms with Crippen molar-refractivity contribution in [3.8, 4) is 17.2 Å². The van der Waals surface area contributed by atoms with E-state index in [1.807, 2.05) is 18.5 Å². The zero-order chi connectivity index (χ0) is 23.8. The molecular formula is C25H22FN7S. The third-order valence-corrected chi connectivity index (χ3v) is 7.50. The smallest absolute Gasteiger partial charge is 0.203 e. The summed E-state index contributed by atoms with van der Waals surface area (Å²) in [5.74, 6) is -0.466. The summed E-state index contributed by atoms with van der Waals surface area (Å²) in [6.45, 7) is 11.6. The largest absolute Gasteiger partial charge is 0.306 e. The number of pyridine rings is 1. The molecule has 0 bridgehead atoms. The normalized spacial score (nSPS) is 14.9. The Morgan fingerprint density at radius 1 is 1.24 bits per heavy atom. The molecule has 9 heteroatoms. The van der Waals surface area contributed by atoms with Gasteiger partial charge in [-0.2, -0.15) is 15.5 Å². The number of halogens is 1. The molecule has 1 aliphatic rings. The molecule has 1 aliphatic heterocycles. The van der Waals surface area contributed by atoms with E-state index in [0.29, 0.717) is 22.0 Å². The molecule has 4 aromatic rings. The van der Waals surface area contributed by atoms with Crippen LogP contribution in [0.1, 0.15) is 30.1 Å². The van der Waals surface area contributed by atoms with Crippen LogP contribution in [0.25, 0.3) is 21.5 Å². The molecule has 0 amide bonds. The summed E-state index contributed by atoms with van der Waals surface area (Å²) in [5, 5.41) is 18.7. The maximum atomic E-state index is 14.7. The Morgan fingerprint density at radius 3 is 2.76 bits per heavy atom. The number of rotatable bonds is 4. The minimum absolute atomic E-state index is 0.234. The van der Waals surface area contributed by atoms with Crippen LogP contribution >= 0.6 is 11.8 Å². The van der Waals surface area contributed by atoms with Gasteiger partial charge in [-0.05, 0) is 52.0 Å². The van der Waals surface area contributed by atoms with Gasteiger partial charge in [0.1, 0.15) is 11.9 Å². The Morgan fingerprint density at radius 2 is 2.03 bits per heavy atom. The lowest BCUT2D eigenvalue weighted by Crippen LogP contribution is -2.32. The SMILES string of the molecule is [C-]#[N+]c1cccc(F)c1Sc1cc(-c2cnn(C3CCN(C)CC3)c2C)cn2ncc(C#N)c12. The highest BCUT2D eigenvalue weighted by Gasteiger charge is 2.23. The molecule has 1 saturated heterocycles. The average molecular weight is 472 g/mol. The Kier molecular flexibility index (Phi) is 5.82. The van der Waals surface area contributed by atoms with E-state index in [0.717, 1.165) is 54.5 Å². The number of fused-ring (bicyclic) bond motifs is 1. The molecule has 0 unspecified atom stereocenters. The Labute approximate surface area is 201 Å². The summed E-state index contributed by atoms with van der Waals surface area (Å²) in [7, 11) is 2.14. The minimum Gasteiger partial charge on any atom is -0.306 e. The average Bonchev–Trinajstić information content (AvgIpc) is 3.44. The number of hydrogen-bond donors (Lipinski definition) is 0. The quantitative estimate of drug-likeness (QED) is 0.369. The zero-order valence-electron chi connectivity index (χ0n) is 18.9. The molecule has 3 aromatic heterocycles. The van der Waals surface area contributed by atoms with E-state index in [4.69, 9.17) is 11.7 Å². The van der Waals surface area contributed by atoms with E-state index in [-0.39, 0.29) is 10.6 Å². The maximum Gasteiger partial charge on any atom is 0.203 e. The number of nitrogens with zero attached hydrogens (tertiary/aromatic N) is 7. The van der Waals surface area contributed by atoms with Gasteiger partial charge in [0.05, 0.1) is 41.0 Å². The van der Waals surface area contributed by atoms with Gasteiger partial charge in [0, 0.05) is 27.9 Å². The molecule has 0 atom stereocenters. The van der Waals surface area contributed by atoms with Crippen LogP contribution in [0.2, 0.25) is 0 Å². The molecule has 34 heavy (non-hydrogen) atoms. The Bertz CT molecular complexity index is 1470. The van der Waals surface area contributed by atoms with E-state index in [1.165, 1.54) is 18.3 Å². The molecule has 0 N–H and O–H groups in total. The number of hydrogen-bond acceptors (Lipinski definition) is 5. The molecule has 1 fully saturated rings. The van der Waals surface area contributed by atoms with Gasteiger partial charge >= 0.3 is 0 Å². The minimum atomic E-state index is -0.466. The highest BCUT2D eigenvalue weighted by Crippen LogP contribution is 2.41. The van der Waals surface area contributed by atoms with Crippen molar-refractivity contribution in [2.45, 2.75) is 35.6 Å². The number of benzene rings is 1. The van der Waals surface area contributed by atoms with Crippen molar-refractivity contribution in [2.75, 3.05) is 20.1 Å². The predicted molar refractivity (Wildman–Crippen MR) is 128 cm³/mol. The van der Waals surface area contributed by atoms with Crippen molar-refractivity contribution in [3.05, 3.63) is 71.3 Å². The molecule has 0 saturated carbocycles. The van der Waals surface area contributed by atoms with Crippen molar-refractivity contribution in [2.24, 2.45) is 0 Å². The first-order valence-electron chi connectivity index (χ1n) is 11.0. The lowest BCUT2D eigenvalue weighted by molar-refractivity contribution is 0.210. The fraction of sp³-hybridized carbons (Fsp3) is 0.280. The monoisotopic (exact) mass is 471 g/mol. The molecule has 0 aliphatic carbocycles. The van der Waals surface area contributed by atoms with Crippen molar-refractivity contribution in [1.82, 2.24) is 24.3 Å². The molecule has 0 radical (unpaired) electrons. The van der Waals surface area contributed by atoms with Crippen LogP contribution in [0, 0.1) is 30.6 Å². The van der Waals surface area contributed by atoms with Crippen molar-refractivity contribution < 1.29 is 4.39 Å². The van der Waals surface area contributed by atoms with Gasteiger partial charge in [-0.1, -0.05) is 23.9 Å². The van der Waals surface area contributed by atoms with Gasteiger partial charge in [0.2, 0.25) is 5.69 Å². The highest BCUT2D eigenvalue weighted by atomic mass is 32.2. The fourth-order valence-electron chi connectivity index (χ4n) is 4.50. The summed E-state index contributed by atoms with van der Waals surface area (Å²) < 4.78 is 18.4. The molecular weight excluding hydrogens is 449 g/mol. The first-order valence-corrected chi connectivity index (χ1v) is 11.8.